The van der Waals surface area contributed by atoms with Crippen LogP contribution in [0.3, 0.4) is 0 Å². The van der Waals surface area contributed by atoms with Gasteiger partial charge in [-0.25, -0.2) is 0 Å². The second kappa shape index (κ2) is 5.02. The van der Waals surface area contributed by atoms with Crippen LogP contribution >= 0.6 is 0 Å². The maximum Gasteiger partial charge on any atom is 0.125 e. The molecule has 2 nitrogen and oxygen atoms in total. The number of rotatable bonds is 3. The lowest BCUT2D eigenvalue weighted by molar-refractivity contribution is 0.195. The largest absolute Gasteiger partial charge is 0.496 e. The quantitative estimate of drug-likeness (QED) is 0.872. The summed E-state index contributed by atoms with van der Waals surface area (Å²) in [5, 5.41) is 9.90. The predicted octanol–water partition coefficient (Wildman–Crippen LogP) is 3.42. The van der Waals surface area contributed by atoms with Crippen molar-refractivity contribution in [2.45, 2.75) is 13.0 Å². The highest BCUT2D eigenvalue weighted by atomic mass is 16.5. The Morgan fingerprint density at radius 3 is 2.29 bits per heavy atom. The molecule has 0 aliphatic carbocycles. The van der Waals surface area contributed by atoms with Gasteiger partial charge in [-0.15, -0.1) is 0 Å². The monoisotopic (exact) mass is 228 g/mol. The van der Waals surface area contributed by atoms with Gasteiger partial charge in [0.05, 0.1) is 13.2 Å². The van der Waals surface area contributed by atoms with Gasteiger partial charge in [0.1, 0.15) is 5.75 Å². The van der Waals surface area contributed by atoms with Crippen LogP contribution in [0.15, 0.2) is 48.5 Å². The van der Waals surface area contributed by atoms with Crippen LogP contribution in [-0.2, 0) is 0 Å². The molecular formula is C15H16O2. The van der Waals surface area contributed by atoms with Crippen molar-refractivity contribution in [2.75, 3.05) is 7.11 Å². The van der Waals surface area contributed by atoms with Gasteiger partial charge in [-0.2, -0.15) is 0 Å². The molecule has 0 spiro atoms. The molecular weight excluding hydrogens is 212 g/mol. The van der Waals surface area contributed by atoms with E-state index in [4.69, 9.17) is 4.74 Å². The van der Waals surface area contributed by atoms with Gasteiger partial charge in [0.25, 0.3) is 0 Å². The van der Waals surface area contributed by atoms with E-state index in [1.54, 1.807) is 14.0 Å². The number of aliphatic hydroxyl groups excluding tert-OH is 1. The summed E-state index contributed by atoms with van der Waals surface area (Å²) in [7, 11) is 1.62. The van der Waals surface area contributed by atoms with Crippen LogP contribution in [0.2, 0.25) is 0 Å². The van der Waals surface area contributed by atoms with Crippen molar-refractivity contribution in [1.29, 1.82) is 0 Å². The highest BCUT2D eigenvalue weighted by Crippen LogP contribution is 2.34. The molecule has 88 valence electrons. The van der Waals surface area contributed by atoms with E-state index in [-0.39, 0.29) is 0 Å². The molecule has 0 aliphatic heterocycles. The summed E-state index contributed by atoms with van der Waals surface area (Å²) in [4.78, 5) is 0. The van der Waals surface area contributed by atoms with E-state index < -0.39 is 6.10 Å². The van der Waals surface area contributed by atoms with Crippen molar-refractivity contribution in [3.8, 4) is 16.9 Å². The van der Waals surface area contributed by atoms with E-state index in [9.17, 15) is 5.11 Å². The second-order valence-electron chi connectivity index (χ2n) is 3.96. The summed E-state index contributed by atoms with van der Waals surface area (Å²) in [6.07, 6.45) is -0.554. The molecule has 0 unspecified atom stereocenters. The summed E-state index contributed by atoms with van der Waals surface area (Å²) in [5.74, 6) is 0.723. The van der Waals surface area contributed by atoms with Crippen LogP contribution in [0.5, 0.6) is 5.75 Å². The van der Waals surface area contributed by atoms with Gasteiger partial charge >= 0.3 is 0 Å². The van der Waals surface area contributed by atoms with Crippen LogP contribution in [0, 0.1) is 0 Å². The molecule has 2 aromatic rings. The van der Waals surface area contributed by atoms with Crippen molar-refractivity contribution in [2.24, 2.45) is 0 Å². The van der Waals surface area contributed by atoms with Crippen molar-refractivity contribution in [3.63, 3.8) is 0 Å². The second-order valence-corrected chi connectivity index (χ2v) is 3.96. The Hall–Kier alpha value is -1.80. The minimum absolute atomic E-state index is 0.554. The van der Waals surface area contributed by atoms with E-state index in [1.165, 1.54) is 0 Å². The van der Waals surface area contributed by atoms with Gasteiger partial charge in [0.15, 0.2) is 0 Å². The molecule has 0 bridgehead atoms. The smallest absolute Gasteiger partial charge is 0.125 e. The SMILES string of the molecule is COc1cccc(-c2ccccc2)c1[C@H](C)O. The number of ether oxygens (including phenoxy) is 1. The van der Waals surface area contributed by atoms with E-state index in [0.29, 0.717) is 0 Å². The molecule has 2 heteroatoms. The molecule has 0 aromatic heterocycles. The Kier molecular flexibility index (Phi) is 3.45. The van der Waals surface area contributed by atoms with Crippen LogP contribution < -0.4 is 4.74 Å². The van der Waals surface area contributed by atoms with E-state index >= 15 is 0 Å². The highest BCUT2D eigenvalue weighted by Gasteiger charge is 2.14. The lowest BCUT2D eigenvalue weighted by Gasteiger charge is -2.16. The number of hydrogen-bond donors (Lipinski definition) is 1. The average Bonchev–Trinajstić information content (AvgIpc) is 2.38. The van der Waals surface area contributed by atoms with E-state index in [1.807, 2.05) is 48.5 Å². The number of hydrogen-bond acceptors (Lipinski definition) is 2. The van der Waals surface area contributed by atoms with Crippen molar-refractivity contribution in [3.05, 3.63) is 54.1 Å². The molecule has 0 radical (unpaired) electrons. The Bertz CT molecular complexity index is 490. The lowest BCUT2D eigenvalue weighted by Crippen LogP contribution is -1.99. The summed E-state index contributed by atoms with van der Waals surface area (Å²) in [5.41, 5.74) is 2.93. The number of aliphatic hydroxyl groups is 1. The fourth-order valence-corrected chi connectivity index (χ4v) is 2.02. The Balaban J connectivity index is 2.62. The van der Waals surface area contributed by atoms with Crippen molar-refractivity contribution in [1.82, 2.24) is 0 Å². The minimum atomic E-state index is -0.554. The van der Waals surface area contributed by atoms with E-state index in [0.717, 1.165) is 22.4 Å². The molecule has 0 saturated carbocycles. The average molecular weight is 228 g/mol. The highest BCUT2D eigenvalue weighted by molar-refractivity contribution is 5.70. The van der Waals surface area contributed by atoms with Crippen LogP contribution in [-0.4, -0.2) is 12.2 Å². The molecule has 0 saturated heterocycles. The first kappa shape index (κ1) is 11.7. The Morgan fingerprint density at radius 1 is 1.00 bits per heavy atom. The van der Waals surface area contributed by atoms with Gasteiger partial charge in [-0.1, -0.05) is 42.5 Å². The molecule has 17 heavy (non-hydrogen) atoms. The summed E-state index contributed by atoms with van der Waals surface area (Å²) in [6, 6.07) is 15.8. The van der Waals surface area contributed by atoms with Crippen LogP contribution in [0.1, 0.15) is 18.6 Å². The maximum absolute atomic E-state index is 9.90. The Morgan fingerprint density at radius 2 is 1.71 bits per heavy atom. The van der Waals surface area contributed by atoms with Gasteiger partial charge in [-0.05, 0) is 24.1 Å². The molecule has 2 aromatic carbocycles. The Labute approximate surface area is 101 Å². The zero-order valence-corrected chi connectivity index (χ0v) is 10.1. The van der Waals surface area contributed by atoms with Crippen LogP contribution in [0.4, 0.5) is 0 Å². The summed E-state index contributed by atoms with van der Waals surface area (Å²) in [6.45, 7) is 1.75. The normalized spacial score (nSPS) is 12.2. The molecule has 0 heterocycles. The summed E-state index contributed by atoms with van der Waals surface area (Å²) < 4.78 is 5.31. The zero-order valence-electron chi connectivity index (χ0n) is 10.1. The maximum atomic E-state index is 9.90. The molecule has 0 fully saturated rings. The molecule has 0 aliphatic rings. The fourth-order valence-electron chi connectivity index (χ4n) is 2.02. The van der Waals surface area contributed by atoms with E-state index in [2.05, 4.69) is 0 Å². The molecule has 0 amide bonds. The molecule has 1 N–H and O–H groups in total. The number of benzene rings is 2. The third-order valence-corrected chi connectivity index (χ3v) is 2.79. The minimum Gasteiger partial charge on any atom is -0.496 e. The van der Waals surface area contributed by atoms with Gasteiger partial charge in [0, 0.05) is 5.56 Å². The first-order valence-electron chi connectivity index (χ1n) is 5.64. The molecule has 1 atom stereocenters. The summed E-state index contributed by atoms with van der Waals surface area (Å²) >= 11 is 0. The van der Waals surface area contributed by atoms with Gasteiger partial charge in [-0.3, -0.25) is 0 Å². The van der Waals surface area contributed by atoms with Gasteiger partial charge in [0.2, 0.25) is 0 Å². The lowest BCUT2D eigenvalue weighted by atomic mass is 9.96. The van der Waals surface area contributed by atoms with Crippen LogP contribution in [0.25, 0.3) is 11.1 Å². The predicted molar refractivity (Wildman–Crippen MR) is 69.1 cm³/mol. The first-order valence-corrected chi connectivity index (χ1v) is 5.64. The third kappa shape index (κ3) is 2.32. The topological polar surface area (TPSA) is 29.5 Å². The van der Waals surface area contributed by atoms with Gasteiger partial charge < -0.3 is 9.84 Å². The van der Waals surface area contributed by atoms with Crippen molar-refractivity contribution < 1.29 is 9.84 Å². The standard InChI is InChI=1S/C15H16O2/c1-11(16)15-13(9-6-10-14(15)17-2)12-7-4-3-5-8-12/h3-11,16H,1-2H3/t11-/m0/s1. The first-order chi connectivity index (χ1) is 8.24. The molecule has 2 rings (SSSR count). The van der Waals surface area contributed by atoms with Crippen molar-refractivity contribution >= 4 is 0 Å². The number of methoxy groups -OCH3 is 1. The fraction of sp³-hybridized carbons (Fsp3) is 0.200. The zero-order chi connectivity index (χ0) is 12.3. The third-order valence-electron chi connectivity index (χ3n) is 2.79.